The highest BCUT2D eigenvalue weighted by atomic mass is 16.2. The standard InChI is InChI=1S/C16H18N4O3/c1-19-15(22)12(9-18-16(19)23)8-14(21)20(13-2-3-13)10-11-4-6-17-7-5-11/h4-7,9,13H,2-3,8,10H2,1H3,(H,18,23). The van der Waals surface area contributed by atoms with Crippen LogP contribution >= 0.6 is 0 Å². The van der Waals surface area contributed by atoms with Crippen molar-refractivity contribution in [1.29, 1.82) is 0 Å². The zero-order valence-electron chi connectivity index (χ0n) is 12.9. The van der Waals surface area contributed by atoms with Gasteiger partial charge in [0.15, 0.2) is 0 Å². The summed E-state index contributed by atoms with van der Waals surface area (Å²) in [5.41, 5.74) is 0.399. The molecular formula is C16H18N4O3. The highest BCUT2D eigenvalue weighted by Gasteiger charge is 2.32. The van der Waals surface area contributed by atoms with Crippen molar-refractivity contribution in [3.05, 3.63) is 62.7 Å². The summed E-state index contributed by atoms with van der Waals surface area (Å²) in [5, 5.41) is 0. The molecular weight excluding hydrogens is 296 g/mol. The van der Waals surface area contributed by atoms with E-state index in [4.69, 9.17) is 0 Å². The van der Waals surface area contributed by atoms with Gasteiger partial charge in [0.2, 0.25) is 5.91 Å². The summed E-state index contributed by atoms with van der Waals surface area (Å²) in [6, 6.07) is 3.99. The van der Waals surface area contributed by atoms with Gasteiger partial charge in [-0.1, -0.05) is 0 Å². The van der Waals surface area contributed by atoms with E-state index in [1.807, 2.05) is 12.1 Å². The molecule has 0 saturated heterocycles. The molecule has 0 spiro atoms. The van der Waals surface area contributed by atoms with Crippen molar-refractivity contribution in [2.75, 3.05) is 0 Å². The Balaban J connectivity index is 1.79. The molecule has 0 aliphatic heterocycles. The molecule has 2 heterocycles. The first-order valence-corrected chi connectivity index (χ1v) is 7.52. The predicted molar refractivity (Wildman–Crippen MR) is 83.8 cm³/mol. The third-order valence-electron chi connectivity index (χ3n) is 4.01. The third-order valence-corrected chi connectivity index (χ3v) is 4.01. The van der Waals surface area contributed by atoms with E-state index in [1.165, 1.54) is 13.2 Å². The monoisotopic (exact) mass is 314 g/mol. The van der Waals surface area contributed by atoms with Crippen LogP contribution < -0.4 is 11.2 Å². The first kappa shape index (κ1) is 15.2. The van der Waals surface area contributed by atoms with E-state index in [-0.39, 0.29) is 18.4 Å². The minimum atomic E-state index is -0.484. The maximum Gasteiger partial charge on any atom is 0.328 e. The van der Waals surface area contributed by atoms with E-state index in [0.717, 1.165) is 23.0 Å². The Labute approximate surface area is 132 Å². The lowest BCUT2D eigenvalue weighted by Gasteiger charge is -2.22. The minimum absolute atomic E-state index is 0.00889. The normalized spacial score (nSPS) is 13.8. The smallest absolute Gasteiger partial charge is 0.328 e. The van der Waals surface area contributed by atoms with Gasteiger partial charge in [-0.2, -0.15) is 0 Å². The number of aromatic amines is 1. The van der Waals surface area contributed by atoms with Crippen LogP contribution in [-0.2, 0) is 24.8 Å². The zero-order chi connectivity index (χ0) is 16.4. The van der Waals surface area contributed by atoms with Crippen molar-refractivity contribution >= 4 is 5.91 Å². The van der Waals surface area contributed by atoms with E-state index in [0.29, 0.717) is 12.1 Å². The Morgan fingerprint density at radius 1 is 1.35 bits per heavy atom. The quantitative estimate of drug-likeness (QED) is 0.854. The molecule has 0 bridgehead atoms. The number of hydrogen-bond acceptors (Lipinski definition) is 4. The second-order valence-electron chi connectivity index (χ2n) is 5.77. The number of nitrogens with one attached hydrogen (secondary N) is 1. The fourth-order valence-electron chi connectivity index (χ4n) is 2.50. The summed E-state index contributed by atoms with van der Waals surface area (Å²) >= 11 is 0. The van der Waals surface area contributed by atoms with Gasteiger partial charge in [0.25, 0.3) is 5.56 Å². The molecule has 1 N–H and O–H groups in total. The van der Waals surface area contributed by atoms with Gasteiger partial charge in [-0.15, -0.1) is 0 Å². The summed E-state index contributed by atoms with van der Waals surface area (Å²) in [4.78, 5) is 44.3. The van der Waals surface area contributed by atoms with Crippen LogP contribution in [0.1, 0.15) is 24.0 Å². The van der Waals surface area contributed by atoms with Crippen LogP contribution in [0.3, 0.4) is 0 Å². The van der Waals surface area contributed by atoms with Crippen LogP contribution in [0.5, 0.6) is 0 Å². The van der Waals surface area contributed by atoms with Gasteiger partial charge in [-0.25, -0.2) is 4.79 Å². The highest BCUT2D eigenvalue weighted by Crippen LogP contribution is 2.28. The molecule has 23 heavy (non-hydrogen) atoms. The molecule has 0 aromatic carbocycles. The first-order valence-electron chi connectivity index (χ1n) is 7.52. The number of carbonyl (C=O) groups is 1. The van der Waals surface area contributed by atoms with Crippen molar-refractivity contribution in [2.45, 2.75) is 31.8 Å². The molecule has 1 amide bonds. The Morgan fingerprint density at radius 3 is 2.70 bits per heavy atom. The highest BCUT2D eigenvalue weighted by molar-refractivity contribution is 5.79. The maximum absolute atomic E-state index is 12.6. The summed E-state index contributed by atoms with van der Waals surface area (Å²) in [6.07, 6.45) is 6.69. The summed E-state index contributed by atoms with van der Waals surface area (Å²) in [7, 11) is 1.39. The van der Waals surface area contributed by atoms with Crippen molar-refractivity contribution in [2.24, 2.45) is 7.05 Å². The van der Waals surface area contributed by atoms with Gasteiger partial charge >= 0.3 is 5.69 Å². The van der Waals surface area contributed by atoms with Crippen LogP contribution in [-0.4, -0.2) is 31.4 Å². The van der Waals surface area contributed by atoms with E-state index in [1.54, 1.807) is 17.3 Å². The molecule has 7 heteroatoms. The number of carbonyl (C=O) groups excluding carboxylic acids is 1. The van der Waals surface area contributed by atoms with Gasteiger partial charge < -0.3 is 9.88 Å². The third kappa shape index (κ3) is 3.39. The average Bonchev–Trinajstić information content (AvgIpc) is 3.39. The van der Waals surface area contributed by atoms with Crippen molar-refractivity contribution < 1.29 is 4.79 Å². The largest absolute Gasteiger partial charge is 0.335 e. The molecule has 0 radical (unpaired) electrons. The summed E-state index contributed by atoms with van der Waals surface area (Å²) in [5.74, 6) is -0.103. The van der Waals surface area contributed by atoms with E-state index in [2.05, 4.69) is 9.97 Å². The van der Waals surface area contributed by atoms with Crippen LogP contribution in [0.4, 0.5) is 0 Å². The van der Waals surface area contributed by atoms with Crippen molar-refractivity contribution in [3.63, 3.8) is 0 Å². The lowest BCUT2D eigenvalue weighted by molar-refractivity contribution is -0.131. The number of rotatable bonds is 5. The maximum atomic E-state index is 12.6. The number of nitrogens with zero attached hydrogens (tertiary/aromatic N) is 3. The van der Waals surface area contributed by atoms with Gasteiger partial charge in [0.05, 0.1) is 6.42 Å². The molecule has 1 aliphatic carbocycles. The number of H-pyrrole nitrogens is 1. The first-order chi connectivity index (χ1) is 11.1. The summed E-state index contributed by atoms with van der Waals surface area (Å²) < 4.78 is 0.979. The molecule has 2 aromatic heterocycles. The van der Waals surface area contributed by atoms with Gasteiger partial charge in [-0.05, 0) is 30.5 Å². The number of aromatic nitrogens is 3. The molecule has 0 atom stereocenters. The van der Waals surface area contributed by atoms with E-state index in [9.17, 15) is 14.4 Å². The fraction of sp³-hybridized carbons (Fsp3) is 0.375. The number of amides is 1. The zero-order valence-corrected chi connectivity index (χ0v) is 12.9. The van der Waals surface area contributed by atoms with Crippen molar-refractivity contribution in [3.8, 4) is 0 Å². The van der Waals surface area contributed by atoms with Crippen molar-refractivity contribution in [1.82, 2.24) is 19.4 Å². The predicted octanol–water partition coefficient (Wildman–Crippen LogP) is 0.202. The molecule has 1 aliphatic rings. The van der Waals surface area contributed by atoms with Crippen LogP contribution in [0, 0.1) is 0 Å². The SMILES string of the molecule is Cn1c(=O)[nH]cc(CC(=O)N(Cc2ccncc2)C2CC2)c1=O. The summed E-state index contributed by atoms with van der Waals surface area (Å²) in [6.45, 7) is 0.510. The lowest BCUT2D eigenvalue weighted by Crippen LogP contribution is -2.38. The Hall–Kier alpha value is -2.70. The van der Waals surface area contributed by atoms with Crippen LogP contribution in [0.15, 0.2) is 40.3 Å². The molecule has 3 rings (SSSR count). The Morgan fingerprint density at radius 2 is 2.04 bits per heavy atom. The molecule has 120 valence electrons. The fourth-order valence-corrected chi connectivity index (χ4v) is 2.50. The minimum Gasteiger partial charge on any atom is -0.335 e. The number of hydrogen-bond donors (Lipinski definition) is 1. The van der Waals surface area contributed by atoms with Crippen LogP contribution in [0.2, 0.25) is 0 Å². The lowest BCUT2D eigenvalue weighted by atomic mass is 10.2. The van der Waals surface area contributed by atoms with Crippen LogP contribution in [0.25, 0.3) is 0 Å². The second-order valence-corrected chi connectivity index (χ2v) is 5.77. The number of pyridine rings is 1. The van der Waals surface area contributed by atoms with E-state index >= 15 is 0 Å². The molecule has 1 saturated carbocycles. The van der Waals surface area contributed by atoms with Gasteiger partial charge in [-0.3, -0.25) is 19.1 Å². The Kier molecular flexibility index (Phi) is 4.10. The molecule has 2 aromatic rings. The topological polar surface area (TPSA) is 88.1 Å². The van der Waals surface area contributed by atoms with Gasteiger partial charge in [0, 0.05) is 43.8 Å². The molecule has 7 nitrogen and oxygen atoms in total. The van der Waals surface area contributed by atoms with Gasteiger partial charge in [0.1, 0.15) is 0 Å². The molecule has 1 fully saturated rings. The average molecular weight is 314 g/mol. The Bertz CT molecular complexity index is 821. The van der Waals surface area contributed by atoms with E-state index < -0.39 is 11.2 Å². The molecule has 0 unspecified atom stereocenters. The second kappa shape index (κ2) is 6.20.